The molecule has 0 bridgehead atoms. The summed E-state index contributed by atoms with van der Waals surface area (Å²) in [4.78, 5) is 0. The lowest BCUT2D eigenvalue weighted by Gasteiger charge is -2.24. The van der Waals surface area contributed by atoms with Gasteiger partial charge in [-0.2, -0.15) is 0 Å². The van der Waals surface area contributed by atoms with E-state index in [1.165, 1.54) is 0 Å². The summed E-state index contributed by atoms with van der Waals surface area (Å²) in [6.07, 6.45) is 11.9. The molecule has 0 aromatic heterocycles. The zero-order chi connectivity index (χ0) is 14.8. The first-order valence-electron chi connectivity index (χ1n) is 7.25. The van der Waals surface area contributed by atoms with Crippen LogP contribution in [-0.4, -0.2) is 11.7 Å². The molecule has 0 amide bonds. The fraction of sp³-hybridized carbons (Fsp3) is 0.529. The van der Waals surface area contributed by atoms with E-state index >= 15 is 0 Å². The van der Waals surface area contributed by atoms with Crippen LogP contribution in [0.2, 0.25) is 0 Å². The molecule has 1 N–H and O–H groups in total. The van der Waals surface area contributed by atoms with Crippen LogP contribution < -0.4 is 5.32 Å². The third-order valence-corrected chi connectivity index (χ3v) is 4.61. The second-order valence-corrected chi connectivity index (χ2v) is 6.47. The van der Waals surface area contributed by atoms with Crippen LogP contribution in [0.25, 0.3) is 0 Å². The van der Waals surface area contributed by atoms with E-state index < -0.39 is 6.17 Å². The predicted octanol–water partition coefficient (Wildman–Crippen LogP) is 4.87. The molecule has 0 heterocycles. The Bertz CT molecular complexity index is 460. The van der Waals surface area contributed by atoms with Crippen LogP contribution >= 0.6 is 11.6 Å². The lowest BCUT2D eigenvalue weighted by molar-refractivity contribution is 0.310. The van der Waals surface area contributed by atoms with Crippen molar-refractivity contribution in [1.29, 1.82) is 0 Å². The predicted molar refractivity (Wildman–Crippen MR) is 84.3 cm³/mol. The van der Waals surface area contributed by atoms with Crippen LogP contribution in [0.4, 0.5) is 4.39 Å². The first-order valence-corrected chi connectivity index (χ1v) is 7.63. The maximum absolute atomic E-state index is 13.9. The van der Waals surface area contributed by atoms with E-state index in [0.717, 1.165) is 24.8 Å². The Morgan fingerprint density at radius 3 is 2.85 bits per heavy atom. The van der Waals surface area contributed by atoms with Crippen molar-refractivity contribution in [3.05, 3.63) is 47.7 Å². The fourth-order valence-corrected chi connectivity index (χ4v) is 2.72. The van der Waals surface area contributed by atoms with E-state index in [4.69, 9.17) is 11.6 Å². The van der Waals surface area contributed by atoms with Crippen molar-refractivity contribution in [2.45, 2.75) is 44.8 Å². The standard InChI is InChI=1S/C17H23ClFN/c1-4-17(8-9-17)20-10-7-12(2)11-14-5-6-15(18)16(19)13(14)3/h4-7,10,12-13,16,20H,1,8-9,11H2,2-3H3/b10-7+. The van der Waals surface area contributed by atoms with E-state index in [9.17, 15) is 4.39 Å². The van der Waals surface area contributed by atoms with Crippen molar-refractivity contribution in [1.82, 2.24) is 5.32 Å². The molecule has 1 fully saturated rings. The molecule has 2 aliphatic rings. The summed E-state index contributed by atoms with van der Waals surface area (Å²) in [5, 5.41) is 3.70. The molecular weight excluding hydrogens is 273 g/mol. The van der Waals surface area contributed by atoms with E-state index in [-0.39, 0.29) is 11.5 Å². The minimum absolute atomic E-state index is 0.126. The average molecular weight is 296 g/mol. The molecular formula is C17H23ClFN. The second-order valence-electron chi connectivity index (χ2n) is 6.03. The zero-order valence-electron chi connectivity index (χ0n) is 12.2. The van der Waals surface area contributed by atoms with E-state index in [1.807, 2.05) is 25.3 Å². The van der Waals surface area contributed by atoms with Gasteiger partial charge in [-0.25, -0.2) is 4.39 Å². The van der Waals surface area contributed by atoms with E-state index in [2.05, 4.69) is 24.9 Å². The van der Waals surface area contributed by atoms with Crippen LogP contribution in [0.1, 0.15) is 33.1 Å². The van der Waals surface area contributed by atoms with Gasteiger partial charge in [-0.15, -0.1) is 6.58 Å². The summed E-state index contributed by atoms with van der Waals surface area (Å²) < 4.78 is 13.9. The first-order chi connectivity index (χ1) is 9.47. The number of alkyl halides is 1. The van der Waals surface area contributed by atoms with Gasteiger partial charge < -0.3 is 5.32 Å². The molecule has 110 valence electrons. The highest BCUT2D eigenvalue weighted by Gasteiger charge is 2.38. The molecule has 3 heteroatoms. The molecule has 0 radical (unpaired) electrons. The topological polar surface area (TPSA) is 12.0 Å². The Morgan fingerprint density at radius 2 is 2.25 bits per heavy atom. The van der Waals surface area contributed by atoms with Gasteiger partial charge in [0.25, 0.3) is 0 Å². The largest absolute Gasteiger partial charge is 0.382 e. The van der Waals surface area contributed by atoms with Crippen LogP contribution in [0.3, 0.4) is 0 Å². The van der Waals surface area contributed by atoms with Gasteiger partial charge >= 0.3 is 0 Å². The van der Waals surface area contributed by atoms with Crippen molar-refractivity contribution in [3.63, 3.8) is 0 Å². The molecule has 0 spiro atoms. The Balaban J connectivity index is 1.87. The number of rotatable bonds is 6. The van der Waals surface area contributed by atoms with Crippen LogP contribution in [-0.2, 0) is 0 Å². The Kier molecular flexibility index (Phi) is 4.74. The van der Waals surface area contributed by atoms with E-state index in [0.29, 0.717) is 11.0 Å². The molecule has 1 nitrogen and oxygen atoms in total. The maximum Gasteiger partial charge on any atom is 0.142 e. The number of halogens is 2. The number of hydrogen-bond acceptors (Lipinski definition) is 1. The third kappa shape index (κ3) is 3.54. The van der Waals surface area contributed by atoms with Crippen LogP contribution in [0.5, 0.6) is 0 Å². The minimum atomic E-state index is -1.05. The van der Waals surface area contributed by atoms with Gasteiger partial charge in [0.1, 0.15) is 6.17 Å². The van der Waals surface area contributed by atoms with Gasteiger partial charge in [0.2, 0.25) is 0 Å². The minimum Gasteiger partial charge on any atom is -0.382 e. The molecule has 2 aliphatic carbocycles. The summed E-state index contributed by atoms with van der Waals surface area (Å²) in [6, 6.07) is 0. The quantitative estimate of drug-likeness (QED) is 0.689. The summed E-state index contributed by atoms with van der Waals surface area (Å²) in [7, 11) is 0. The maximum atomic E-state index is 13.9. The highest BCUT2D eigenvalue weighted by atomic mass is 35.5. The third-order valence-electron chi connectivity index (χ3n) is 4.28. The van der Waals surface area contributed by atoms with Gasteiger partial charge in [-0.3, -0.25) is 0 Å². The molecule has 20 heavy (non-hydrogen) atoms. The second kappa shape index (κ2) is 6.17. The van der Waals surface area contributed by atoms with Gasteiger partial charge in [0, 0.05) is 5.92 Å². The lowest BCUT2D eigenvalue weighted by Crippen LogP contribution is -2.23. The summed E-state index contributed by atoms with van der Waals surface area (Å²) in [6.45, 7) is 7.89. The molecule has 3 atom stereocenters. The monoisotopic (exact) mass is 295 g/mol. The molecule has 1 saturated carbocycles. The highest BCUT2D eigenvalue weighted by molar-refractivity contribution is 6.30. The number of hydrogen-bond donors (Lipinski definition) is 1. The van der Waals surface area contributed by atoms with Crippen LogP contribution in [0, 0.1) is 11.8 Å². The Hall–Kier alpha value is -1.02. The van der Waals surface area contributed by atoms with Crippen molar-refractivity contribution >= 4 is 11.6 Å². The normalized spacial score (nSPS) is 29.6. The smallest absolute Gasteiger partial charge is 0.142 e. The summed E-state index contributed by atoms with van der Waals surface area (Å²) in [5.74, 6) is 0.244. The van der Waals surface area contributed by atoms with E-state index in [1.54, 1.807) is 6.08 Å². The van der Waals surface area contributed by atoms with Gasteiger partial charge in [-0.1, -0.05) is 49.2 Å². The Morgan fingerprint density at radius 1 is 1.55 bits per heavy atom. The van der Waals surface area contributed by atoms with Crippen molar-refractivity contribution in [2.75, 3.05) is 0 Å². The fourth-order valence-electron chi connectivity index (χ4n) is 2.47. The van der Waals surface area contributed by atoms with Crippen molar-refractivity contribution in [2.24, 2.45) is 11.8 Å². The zero-order valence-corrected chi connectivity index (χ0v) is 13.0. The molecule has 0 saturated heterocycles. The van der Waals surface area contributed by atoms with Crippen molar-refractivity contribution in [3.8, 4) is 0 Å². The van der Waals surface area contributed by atoms with Gasteiger partial charge in [-0.05, 0) is 37.5 Å². The van der Waals surface area contributed by atoms with Crippen molar-refractivity contribution < 1.29 is 4.39 Å². The molecule has 3 unspecified atom stereocenters. The average Bonchev–Trinajstić information content (AvgIpc) is 3.20. The molecule has 0 aromatic rings. The molecule has 2 rings (SSSR count). The summed E-state index contributed by atoms with van der Waals surface area (Å²) >= 11 is 5.83. The lowest BCUT2D eigenvalue weighted by atomic mass is 9.86. The number of allylic oxidation sites excluding steroid dienone is 5. The first kappa shape index (κ1) is 15.4. The highest BCUT2D eigenvalue weighted by Crippen LogP contribution is 2.36. The summed E-state index contributed by atoms with van der Waals surface area (Å²) in [5.41, 5.74) is 1.26. The molecule has 0 aromatic carbocycles. The number of nitrogens with one attached hydrogen (secondary N) is 1. The Labute approximate surface area is 126 Å². The van der Waals surface area contributed by atoms with Gasteiger partial charge in [0.05, 0.1) is 10.6 Å². The van der Waals surface area contributed by atoms with Crippen LogP contribution in [0.15, 0.2) is 47.7 Å². The SMILES string of the molecule is C=CC1(N/C=C/C(C)CC2=CC=C(Cl)C(F)C2C)CC1. The van der Waals surface area contributed by atoms with Gasteiger partial charge in [0.15, 0.2) is 0 Å². The molecule has 0 aliphatic heterocycles.